The van der Waals surface area contributed by atoms with Crippen molar-refractivity contribution in [3.63, 3.8) is 0 Å². The van der Waals surface area contributed by atoms with Gasteiger partial charge in [0, 0.05) is 25.6 Å². The third-order valence-electron chi connectivity index (χ3n) is 5.00. The monoisotopic (exact) mass is 408 g/mol. The summed E-state index contributed by atoms with van der Waals surface area (Å²) in [5.74, 6) is -1.81. The van der Waals surface area contributed by atoms with Crippen molar-refractivity contribution in [3.8, 4) is 0 Å². The van der Waals surface area contributed by atoms with Gasteiger partial charge >= 0.3 is 5.97 Å². The lowest BCUT2D eigenvalue weighted by Gasteiger charge is -2.16. The number of esters is 1. The van der Waals surface area contributed by atoms with Gasteiger partial charge in [-0.2, -0.15) is 0 Å². The number of carbonyl (C=O) groups excluding carboxylic acids is 3. The van der Waals surface area contributed by atoms with Crippen LogP contribution in [0.3, 0.4) is 0 Å². The number of benzene rings is 1. The lowest BCUT2D eigenvalue weighted by atomic mass is 10.1. The van der Waals surface area contributed by atoms with Crippen LogP contribution in [-0.2, 0) is 35.4 Å². The van der Waals surface area contributed by atoms with Gasteiger partial charge in [0.2, 0.25) is 5.91 Å². The first kappa shape index (κ1) is 20.3. The van der Waals surface area contributed by atoms with Crippen molar-refractivity contribution in [1.29, 1.82) is 0 Å². The van der Waals surface area contributed by atoms with Gasteiger partial charge in [0.25, 0.3) is 5.91 Å². The van der Waals surface area contributed by atoms with Crippen LogP contribution in [0.2, 0.25) is 0 Å². The number of nitrogens with one attached hydrogen (secondary N) is 1. The highest BCUT2D eigenvalue weighted by molar-refractivity contribution is 7.91. The Bertz CT molecular complexity index is 839. The summed E-state index contributed by atoms with van der Waals surface area (Å²) in [5, 5.41) is 2.56. The van der Waals surface area contributed by atoms with E-state index in [4.69, 9.17) is 4.74 Å². The quantitative estimate of drug-likeness (QED) is 0.632. The van der Waals surface area contributed by atoms with E-state index >= 15 is 0 Å². The van der Waals surface area contributed by atoms with Crippen molar-refractivity contribution in [2.75, 3.05) is 31.2 Å². The summed E-state index contributed by atoms with van der Waals surface area (Å²) in [7, 11) is -3.09. The van der Waals surface area contributed by atoms with E-state index in [-0.39, 0.29) is 30.4 Å². The summed E-state index contributed by atoms with van der Waals surface area (Å²) in [5.41, 5.74) is 1.12. The van der Waals surface area contributed by atoms with E-state index in [1.54, 1.807) is 4.90 Å². The number of nitrogens with zero attached hydrogens (tertiary/aromatic N) is 1. The molecule has 0 aromatic heterocycles. The number of hydrogen-bond acceptors (Lipinski definition) is 6. The zero-order valence-corrected chi connectivity index (χ0v) is 16.3. The molecule has 2 aliphatic heterocycles. The number of hydrogen-bond donors (Lipinski definition) is 1. The van der Waals surface area contributed by atoms with E-state index < -0.39 is 40.3 Å². The zero-order chi connectivity index (χ0) is 20.1. The summed E-state index contributed by atoms with van der Waals surface area (Å²) in [6.45, 7) is 0.348. The molecule has 9 heteroatoms. The normalized spacial score (nSPS) is 23.6. The third-order valence-corrected chi connectivity index (χ3v) is 6.77. The predicted octanol–water partition coefficient (Wildman–Crippen LogP) is -0.0759. The van der Waals surface area contributed by atoms with Crippen LogP contribution in [0.5, 0.6) is 0 Å². The predicted molar refractivity (Wildman–Crippen MR) is 101 cm³/mol. The number of likely N-dealkylation sites (tertiary alicyclic amines) is 1. The molecule has 2 heterocycles. The molecule has 0 unspecified atom stereocenters. The minimum absolute atomic E-state index is 0.0563. The maximum absolute atomic E-state index is 12.2. The summed E-state index contributed by atoms with van der Waals surface area (Å²) in [4.78, 5) is 37.8. The summed E-state index contributed by atoms with van der Waals surface area (Å²) in [6.07, 6.45) is 1.16. The van der Waals surface area contributed by atoms with Crippen molar-refractivity contribution >= 4 is 27.6 Å². The molecule has 2 amide bonds. The van der Waals surface area contributed by atoms with Gasteiger partial charge in [-0.1, -0.05) is 30.3 Å². The van der Waals surface area contributed by atoms with Crippen LogP contribution in [0.25, 0.3) is 0 Å². The highest BCUT2D eigenvalue weighted by Crippen LogP contribution is 2.20. The molecular formula is C19H24N2O6S. The Labute approximate surface area is 164 Å². The fourth-order valence-corrected chi connectivity index (χ4v) is 5.16. The van der Waals surface area contributed by atoms with Crippen LogP contribution in [0, 0.1) is 5.92 Å². The van der Waals surface area contributed by atoms with Crippen molar-refractivity contribution in [2.45, 2.75) is 25.3 Å². The van der Waals surface area contributed by atoms with Gasteiger partial charge in [-0.25, -0.2) is 8.42 Å². The second-order valence-electron chi connectivity index (χ2n) is 7.25. The van der Waals surface area contributed by atoms with Gasteiger partial charge < -0.3 is 15.0 Å². The first-order valence-electron chi connectivity index (χ1n) is 9.30. The molecule has 0 bridgehead atoms. The van der Waals surface area contributed by atoms with Gasteiger partial charge in [-0.15, -0.1) is 0 Å². The molecule has 1 aromatic rings. The van der Waals surface area contributed by atoms with E-state index in [1.165, 1.54) is 0 Å². The molecule has 8 nitrogen and oxygen atoms in total. The Morgan fingerprint density at radius 1 is 1.21 bits per heavy atom. The van der Waals surface area contributed by atoms with Gasteiger partial charge in [-0.3, -0.25) is 14.4 Å². The largest absolute Gasteiger partial charge is 0.455 e. The van der Waals surface area contributed by atoms with Crippen LogP contribution >= 0.6 is 0 Å². The number of amides is 2. The first-order chi connectivity index (χ1) is 13.3. The maximum Gasteiger partial charge on any atom is 0.311 e. The lowest BCUT2D eigenvalue weighted by Crippen LogP contribution is -2.39. The van der Waals surface area contributed by atoms with E-state index in [0.717, 1.165) is 5.56 Å². The van der Waals surface area contributed by atoms with Gasteiger partial charge in [0.15, 0.2) is 16.4 Å². The summed E-state index contributed by atoms with van der Waals surface area (Å²) in [6, 6.07) is 9.35. The molecule has 3 rings (SSSR count). The molecule has 2 fully saturated rings. The molecule has 152 valence electrons. The van der Waals surface area contributed by atoms with Crippen LogP contribution in [0.15, 0.2) is 30.3 Å². The standard InChI is InChI=1S/C19H24N2O6S/c22-17(20-16-7-9-28(25,26)13-16)12-27-19(24)15-10-18(23)21(11-15)8-6-14-4-2-1-3-5-14/h1-5,15-16H,6-13H2,(H,20,22)/t15-,16+/m1/s1. The van der Waals surface area contributed by atoms with Gasteiger partial charge in [0.1, 0.15) is 0 Å². The molecular weight excluding hydrogens is 384 g/mol. The Morgan fingerprint density at radius 3 is 2.64 bits per heavy atom. The maximum atomic E-state index is 12.2. The van der Waals surface area contributed by atoms with Crippen molar-refractivity contribution in [3.05, 3.63) is 35.9 Å². The molecule has 0 spiro atoms. The highest BCUT2D eigenvalue weighted by Gasteiger charge is 2.35. The topological polar surface area (TPSA) is 110 Å². The van der Waals surface area contributed by atoms with Gasteiger partial charge in [0.05, 0.1) is 17.4 Å². The summed E-state index contributed by atoms with van der Waals surface area (Å²) >= 11 is 0. The van der Waals surface area contributed by atoms with E-state index in [1.807, 2.05) is 30.3 Å². The average molecular weight is 408 g/mol. The fraction of sp³-hybridized carbons (Fsp3) is 0.526. The smallest absolute Gasteiger partial charge is 0.311 e. The first-order valence-corrected chi connectivity index (χ1v) is 11.1. The molecule has 28 heavy (non-hydrogen) atoms. The van der Waals surface area contributed by atoms with Crippen molar-refractivity contribution < 1.29 is 27.5 Å². The fourth-order valence-electron chi connectivity index (χ4n) is 3.49. The van der Waals surface area contributed by atoms with Crippen molar-refractivity contribution in [2.24, 2.45) is 5.92 Å². The third kappa shape index (κ3) is 5.54. The van der Waals surface area contributed by atoms with E-state index in [9.17, 15) is 22.8 Å². The molecule has 1 aromatic carbocycles. The number of ether oxygens (including phenoxy) is 1. The molecule has 2 saturated heterocycles. The molecule has 2 atom stereocenters. The minimum atomic E-state index is -3.09. The Hall–Kier alpha value is -2.42. The van der Waals surface area contributed by atoms with Crippen LogP contribution < -0.4 is 5.32 Å². The molecule has 0 saturated carbocycles. The Balaban J connectivity index is 1.40. The molecule has 2 aliphatic rings. The zero-order valence-electron chi connectivity index (χ0n) is 15.5. The second-order valence-corrected chi connectivity index (χ2v) is 9.48. The van der Waals surface area contributed by atoms with Crippen LogP contribution in [0.1, 0.15) is 18.4 Å². The van der Waals surface area contributed by atoms with Crippen molar-refractivity contribution in [1.82, 2.24) is 10.2 Å². The van der Waals surface area contributed by atoms with E-state index in [2.05, 4.69) is 5.32 Å². The molecule has 0 aliphatic carbocycles. The Kier molecular flexibility index (Phi) is 6.33. The van der Waals surface area contributed by atoms with E-state index in [0.29, 0.717) is 19.4 Å². The summed E-state index contributed by atoms with van der Waals surface area (Å²) < 4.78 is 27.8. The number of sulfone groups is 1. The molecule has 1 N–H and O–H groups in total. The average Bonchev–Trinajstić information content (AvgIpc) is 3.20. The van der Waals surface area contributed by atoms with Gasteiger partial charge in [-0.05, 0) is 18.4 Å². The minimum Gasteiger partial charge on any atom is -0.455 e. The second kappa shape index (κ2) is 8.72. The van der Waals surface area contributed by atoms with Crippen LogP contribution in [-0.4, -0.2) is 68.3 Å². The lowest BCUT2D eigenvalue weighted by molar-refractivity contribution is -0.152. The van der Waals surface area contributed by atoms with Crippen LogP contribution in [0.4, 0.5) is 0 Å². The highest BCUT2D eigenvalue weighted by atomic mass is 32.2. The Morgan fingerprint density at radius 2 is 1.96 bits per heavy atom. The number of carbonyl (C=O) groups is 3. The number of rotatable bonds is 7. The SMILES string of the molecule is O=C(COC(=O)[C@@H]1CC(=O)N(CCc2ccccc2)C1)N[C@H]1CCS(=O)(=O)C1. The molecule has 0 radical (unpaired) electrons.